The highest BCUT2D eigenvalue weighted by Gasteiger charge is 2.18. The highest BCUT2D eigenvalue weighted by Crippen LogP contribution is 2.13. The van der Waals surface area contributed by atoms with Crippen molar-refractivity contribution < 1.29 is 4.79 Å². The summed E-state index contributed by atoms with van der Waals surface area (Å²) in [4.78, 5) is 25.0. The van der Waals surface area contributed by atoms with Gasteiger partial charge in [0.15, 0.2) is 5.13 Å². The Balaban J connectivity index is 1.51. The highest BCUT2D eigenvalue weighted by molar-refractivity contribution is 7.13. The molecule has 0 unspecified atom stereocenters. The van der Waals surface area contributed by atoms with Crippen molar-refractivity contribution in [3.8, 4) is 0 Å². The smallest absolute Gasteiger partial charge is 0.240 e. The lowest BCUT2D eigenvalue weighted by molar-refractivity contribution is -0.117. The van der Waals surface area contributed by atoms with Gasteiger partial charge in [-0.25, -0.2) is 9.97 Å². The quantitative estimate of drug-likeness (QED) is 0.930. The molecule has 3 rings (SSSR count). The molecule has 0 saturated carbocycles. The van der Waals surface area contributed by atoms with Gasteiger partial charge in [-0.1, -0.05) is 6.07 Å². The van der Waals surface area contributed by atoms with Crippen molar-refractivity contribution in [2.45, 2.75) is 6.42 Å². The van der Waals surface area contributed by atoms with Crippen LogP contribution in [0.25, 0.3) is 0 Å². The van der Waals surface area contributed by atoms with Gasteiger partial charge in [0.2, 0.25) is 5.91 Å². The van der Waals surface area contributed by atoms with Crippen LogP contribution in [0.2, 0.25) is 0 Å². The number of anilines is 2. The Morgan fingerprint density at radius 1 is 1.18 bits per heavy atom. The third-order valence-corrected chi connectivity index (χ3v) is 4.30. The number of nitrogens with one attached hydrogen (secondary N) is 1. The summed E-state index contributed by atoms with van der Waals surface area (Å²) in [5.41, 5.74) is 0. The normalized spacial score (nSPS) is 16.3. The third kappa shape index (κ3) is 4.02. The first-order valence-corrected chi connectivity index (χ1v) is 8.27. The van der Waals surface area contributed by atoms with Gasteiger partial charge in [-0.05, 0) is 18.6 Å². The number of hydrogen-bond acceptors (Lipinski definition) is 6. The van der Waals surface area contributed by atoms with Crippen LogP contribution in [0.5, 0.6) is 0 Å². The molecule has 1 aliphatic rings. The van der Waals surface area contributed by atoms with Crippen molar-refractivity contribution >= 4 is 28.2 Å². The van der Waals surface area contributed by atoms with Gasteiger partial charge >= 0.3 is 0 Å². The minimum absolute atomic E-state index is 0.00114. The summed E-state index contributed by atoms with van der Waals surface area (Å²) in [6.07, 6.45) is 4.54. The molecule has 1 N–H and O–H groups in total. The number of rotatable bonds is 4. The van der Waals surface area contributed by atoms with E-state index in [4.69, 9.17) is 0 Å². The molecular formula is C15H19N5OS. The minimum Gasteiger partial charge on any atom is -0.355 e. The molecule has 2 aromatic heterocycles. The van der Waals surface area contributed by atoms with Crippen LogP contribution in [0.1, 0.15) is 6.42 Å². The van der Waals surface area contributed by atoms with E-state index in [2.05, 4.69) is 25.1 Å². The van der Waals surface area contributed by atoms with Gasteiger partial charge in [0.1, 0.15) is 5.82 Å². The number of thiazole rings is 1. The fourth-order valence-corrected chi connectivity index (χ4v) is 3.09. The van der Waals surface area contributed by atoms with Gasteiger partial charge in [0.25, 0.3) is 0 Å². The summed E-state index contributed by atoms with van der Waals surface area (Å²) >= 11 is 1.44. The van der Waals surface area contributed by atoms with E-state index in [1.54, 1.807) is 6.20 Å². The van der Waals surface area contributed by atoms with E-state index in [9.17, 15) is 4.79 Å². The van der Waals surface area contributed by atoms with Crippen LogP contribution in [0.3, 0.4) is 0 Å². The van der Waals surface area contributed by atoms with Crippen molar-refractivity contribution in [3.63, 3.8) is 0 Å². The largest absolute Gasteiger partial charge is 0.355 e. The summed E-state index contributed by atoms with van der Waals surface area (Å²) in [7, 11) is 0. The number of pyridine rings is 1. The van der Waals surface area contributed by atoms with Crippen LogP contribution < -0.4 is 10.2 Å². The first-order valence-electron chi connectivity index (χ1n) is 7.39. The molecule has 0 radical (unpaired) electrons. The number of amides is 1. The van der Waals surface area contributed by atoms with Crippen LogP contribution >= 0.6 is 11.3 Å². The molecule has 0 aromatic carbocycles. The summed E-state index contributed by atoms with van der Waals surface area (Å²) in [6, 6.07) is 5.97. The molecule has 3 heterocycles. The second-order valence-electron chi connectivity index (χ2n) is 5.19. The summed E-state index contributed by atoms with van der Waals surface area (Å²) in [5.74, 6) is 1.01. The number of nitrogens with zero attached hydrogens (tertiary/aromatic N) is 4. The average molecular weight is 317 g/mol. The van der Waals surface area contributed by atoms with Crippen molar-refractivity contribution in [3.05, 3.63) is 36.0 Å². The Labute approximate surface area is 133 Å². The van der Waals surface area contributed by atoms with Crippen molar-refractivity contribution in [1.82, 2.24) is 14.9 Å². The summed E-state index contributed by atoms with van der Waals surface area (Å²) in [6.45, 7) is 4.06. The average Bonchev–Trinajstić information content (AvgIpc) is 2.93. The fraction of sp³-hybridized carbons (Fsp3) is 0.400. The summed E-state index contributed by atoms with van der Waals surface area (Å²) in [5, 5.41) is 5.35. The van der Waals surface area contributed by atoms with Crippen LogP contribution in [-0.2, 0) is 4.79 Å². The number of aromatic nitrogens is 2. The lowest BCUT2D eigenvalue weighted by Gasteiger charge is -2.22. The van der Waals surface area contributed by atoms with Crippen molar-refractivity contribution in [2.24, 2.45) is 0 Å². The predicted octanol–water partition coefficient (Wildman–Crippen LogP) is 1.69. The van der Waals surface area contributed by atoms with E-state index in [-0.39, 0.29) is 5.91 Å². The van der Waals surface area contributed by atoms with Crippen molar-refractivity contribution in [1.29, 1.82) is 0 Å². The molecule has 1 fully saturated rings. The van der Waals surface area contributed by atoms with E-state index in [0.29, 0.717) is 11.7 Å². The zero-order valence-electron chi connectivity index (χ0n) is 12.3. The zero-order chi connectivity index (χ0) is 15.2. The maximum atomic E-state index is 12.0. The maximum absolute atomic E-state index is 12.0. The number of carbonyl (C=O) groups excluding carboxylic acids is 1. The Kier molecular flexibility index (Phi) is 4.97. The van der Waals surface area contributed by atoms with Gasteiger partial charge < -0.3 is 10.2 Å². The lowest BCUT2D eigenvalue weighted by Crippen LogP contribution is -2.36. The van der Waals surface area contributed by atoms with E-state index in [0.717, 1.165) is 38.4 Å². The molecule has 0 atom stereocenters. The molecule has 0 aliphatic carbocycles. The predicted molar refractivity (Wildman–Crippen MR) is 88.3 cm³/mol. The topological polar surface area (TPSA) is 61.4 Å². The Hall–Kier alpha value is -1.99. The van der Waals surface area contributed by atoms with E-state index >= 15 is 0 Å². The molecule has 0 bridgehead atoms. The molecule has 2 aromatic rings. The zero-order valence-corrected chi connectivity index (χ0v) is 13.1. The second kappa shape index (κ2) is 7.33. The fourth-order valence-electron chi connectivity index (χ4n) is 2.55. The Morgan fingerprint density at radius 2 is 2.14 bits per heavy atom. The standard InChI is InChI=1S/C15H19N5OS/c21-14(18-15-17-6-11-22-15)12-19-7-3-8-20(10-9-19)13-4-1-2-5-16-13/h1-2,4-6,11H,3,7-10,12H2,(H,17,18,21). The van der Waals surface area contributed by atoms with Crippen LogP contribution in [-0.4, -0.2) is 53.5 Å². The van der Waals surface area contributed by atoms with Gasteiger partial charge in [-0.15, -0.1) is 11.3 Å². The van der Waals surface area contributed by atoms with Gasteiger partial charge in [0.05, 0.1) is 6.54 Å². The SMILES string of the molecule is O=C(CN1CCCN(c2ccccn2)CC1)Nc1nccs1. The highest BCUT2D eigenvalue weighted by atomic mass is 32.1. The molecule has 116 valence electrons. The second-order valence-corrected chi connectivity index (χ2v) is 6.08. The van der Waals surface area contributed by atoms with E-state index in [1.165, 1.54) is 11.3 Å². The first-order chi connectivity index (χ1) is 10.8. The summed E-state index contributed by atoms with van der Waals surface area (Å²) < 4.78 is 0. The third-order valence-electron chi connectivity index (χ3n) is 3.61. The van der Waals surface area contributed by atoms with Crippen LogP contribution in [0, 0.1) is 0 Å². The first kappa shape index (κ1) is 14.9. The van der Waals surface area contributed by atoms with Crippen molar-refractivity contribution in [2.75, 3.05) is 42.9 Å². The molecule has 7 heteroatoms. The van der Waals surface area contributed by atoms with Gasteiger partial charge in [-0.2, -0.15) is 0 Å². The molecule has 6 nitrogen and oxygen atoms in total. The minimum atomic E-state index is 0.00114. The van der Waals surface area contributed by atoms with Crippen LogP contribution in [0.4, 0.5) is 10.9 Å². The molecule has 1 saturated heterocycles. The molecule has 22 heavy (non-hydrogen) atoms. The Morgan fingerprint density at radius 3 is 2.91 bits per heavy atom. The molecule has 1 aliphatic heterocycles. The maximum Gasteiger partial charge on any atom is 0.240 e. The van der Waals surface area contributed by atoms with Gasteiger partial charge in [0, 0.05) is 44.0 Å². The van der Waals surface area contributed by atoms with E-state index < -0.39 is 0 Å². The number of carbonyl (C=O) groups is 1. The molecule has 0 spiro atoms. The number of hydrogen-bond donors (Lipinski definition) is 1. The van der Waals surface area contributed by atoms with Crippen LogP contribution in [0.15, 0.2) is 36.0 Å². The molecule has 1 amide bonds. The lowest BCUT2D eigenvalue weighted by atomic mass is 10.3. The molecular weight excluding hydrogens is 298 g/mol. The monoisotopic (exact) mass is 317 g/mol. The van der Waals surface area contributed by atoms with Gasteiger partial charge in [-0.3, -0.25) is 9.69 Å². The Bertz CT molecular complexity index is 589. The van der Waals surface area contributed by atoms with E-state index in [1.807, 2.05) is 29.8 Å².